The third-order valence-corrected chi connectivity index (χ3v) is 10.7. The van der Waals surface area contributed by atoms with Crippen LogP contribution in [0.25, 0.3) is 0 Å². The second-order valence-corrected chi connectivity index (χ2v) is 14.1. The molecule has 0 aromatic heterocycles. The van der Waals surface area contributed by atoms with Gasteiger partial charge in [0, 0.05) is 16.5 Å². The Bertz CT molecular complexity index is 1280. The summed E-state index contributed by atoms with van der Waals surface area (Å²) in [6.07, 6.45) is 1.15. The molecule has 2 aromatic carbocycles. The normalized spacial score (nSPS) is 29.3. The number of hydrogen-bond donors (Lipinski definition) is 3. The number of fused-ring (bicyclic) bond motifs is 1. The Morgan fingerprint density at radius 1 is 1.12 bits per heavy atom. The molecule has 3 amide bonds. The quantitative estimate of drug-likeness (QED) is 0.416. The SMILES string of the molecule is CCOc1ccc(NC(=O)[C@@H]2[C@@H]3CC(C)C4(S3)C(C(=O)NC(C)(C)C)N([C@@H](CO)Cc3ccccc3)C(=O)[C@H]24)cc1. The van der Waals surface area contributed by atoms with Crippen molar-refractivity contribution >= 4 is 35.2 Å². The van der Waals surface area contributed by atoms with E-state index >= 15 is 0 Å². The van der Waals surface area contributed by atoms with Gasteiger partial charge in [-0.2, -0.15) is 0 Å². The van der Waals surface area contributed by atoms with E-state index in [-0.39, 0.29) is 35.5 Å². The van der Waals surface area contributed by atoms with Gasteiger partial charge in [-0.05, 0) is 76.3 Å². The Labute approximate surface area is 246 Å². The molecule has 3 fully saturated rings. The number of aliphatic hydroxyl groups excluding tert-OH is 1. The Balaban J connectivity index is 1.51. The molecule has 3 aliphatic rings. The molecule has 3 heterocycles. The first-order chi connectivity index (χ1) is 19.5. The fraction of sp³-hybridized carbons (Fsp3) is 0.531. The van der Waals surface area contributed by atoms with Crippen molar-refractivity contribution in [3.05, 3.63) is 60.2 Å². The van der Waals surface area contributed by atoms with Gasteiger partial charge in [-0.1, -0.05) is 37.3 Å². The van der Waals surface area contributed by atoms with Crippen LogP contribution < -0.4 is 15.4 Å². The summed E-state index contributed by atoms with van der Waals surface area (Å²) in [7, 11) is 0. The van der Waals surface area contributed by atoms with Crippen LogP contribution in [0.3, 0.4) is 0 Å². The monoisotopic (exact) mass is 579 g/mol. The van der Waals surface area contributed by atoms with E-state index in [0.29, 0.717) is 18.7 Å². The number of likely N-dealkylation sites (tertiary alicyclic amines) is 1. The van der Waals surface area contributed by atoms with Crippen molar-refractivity contribution in [2.24, 2.45) is 17.8 Å². The second kappa shape index (κ2) is 11.3. The maximum atomic E-state index is 14.5. The number of rotatable bonds is 9. The zero-order valence-corrected chi connectivity index (χ0v) is 25.2. The molecular formula is C32H41N3O5S. The minimum absolute atomic E-state index is 0.0396. The molecule has 220 valence electrons. The predicted molar refractivity (Wildman–Crippen MR) is 161 cm³/mol. The summed E-state index contributed by atoms with van der Waals surface area (Å²) in [5.74, 6) is -1.14. The lowest BCUT2D eigenvalue weighted by atomic mass is 9.65. The summed E-state index contributed by atoms with van der Waals surface area (Å²) >= 11 is 1.63. The molecule has 3 unspecified atom stereocenters. The van der Waals surface area contributed by atoms with E-state index in [4.69, 9.17) is 4.74 Å². The van der Waals surface area contributed by atoms with Crippen LogP contribution in [-0.2, 0) is 20.8 Å². The van der Waals surface area contributed by atoms with Gasteiger partial charge in [0.25, 0.3) is 0 Å². The Kier molecular flexibility index (Phi) is 8.14. The molecule has 3 N–H and O–H groups in total. The molecule has 0 aliphatic carbocycles. The van der Waals surface area contributed by atoms with Crippen molar-refractivity contribution in [1.82, 2.24) is 10.2 Å². The molecule has 2 bridgehead atoms. The average Bonchev–Trinajstić information content (AvgIpc) is 3.52. The van der Waals surface area contributed by atoms with Crippen molar-refractivity contribution in [3.63, 3.8) is 0 Å². The van der Waals surface area contributed by atoms with Crippen molar-refractivity contribution in [2.75, 3.05) is 18.5 Å². The Morgan fingerprint density at radius 2 is 1.80 bits per heavy atom. The summed E-state index contributed by atoms with van der Waals surface area (Å²) < 4.78 is 4.76. The number of carbonyl (C=O) groups excluding carboxylic acids is 3. The molecule has 3 aliphatic heterocycles. The third kappa shape index (κ3) is 5.34. The van der Waals surface area contributed by atoms with E-state index in [1.807, 2.05) is 70.2 Å². The fourth-order valence-electron chi connectivity index (χ4n) is 7.05. The summed E-state index contributed by atoms with van der Waals surface area (Å²) in [4.78, 5) is 44.1. The van der Waals surface area contributed by atoms with Gasteiger partial charge in [0.15, 0.2) is 0 Å². The van der Waals surface area contributed by atoms with E-state index in [2.05, 4.69) is 17.6 Å². The summed E-state index contributed by atoms with van der Waals surface area (Å²) in [5, 5.41) is 16.7. The van der Waals surface area contributed by atoms with Crippen molar-refractivity contribution in [1.29, 1.82) is 0 Å². The summed E-state index contributed by atoms with van der Waals surface area (Å²) in [6, 6.07) is 15.5. The van der Waals surface area contributed by atoms with E-state index in [1.54, 1.807) is 28.8 Å². The highest BCUT2D eigenvalue weighted by molar-refractivity contribution is 8.02. The number of ether oxygens (including phenoxy) is 1. The molecule has 5 rings (SSSR count). The van der Waals surface area contributed by atoms with Crippen LogP contribution in [0.15, 0.2) is 54.6 Å². The number of nitrogens with one attached hydrogen (secondary N) is 2. The summed E-state index contributed by atoms with van der Waals surface area (Å²) in [5.41, 5.74) is 1.09. The molecule has 9 heteroatoms. The first-order valence-electron chi connectivity index (χ1n) is 14.5. The molecule has 7 atom stereocenters. The topological polar surface area (TPSA) is 108 Å². The number of aliphatic hydroxyl groups is 1. The molecule has 1 spiro atoms. The summed E-state index contributed by atoms with van der Waals surface area (Å²) in [6.45, 7) is 10.0. The number of nitrogens with zero attached hydrogens (tertiary/aromatic N) is 1. The number of amides is 3. The van der Waals surface area contributed by atoms with Crippen molar-refractivity contribution < 1.29 is 24.2 Å². The fourth-order valence-corrected chi connectivity index (χ4v) is 9.46. The van der Waals surface area contributed by atoms with Gasteiger partial charge in [0.2, 0.25) is 17.7 Å². The van der Waals surface area contributed by atoms with Gasteiger partial charge in [-0.25, -0.2) is 0 Å². The number of hydrogen-bond acceptors (Lipinski definition) is 6. The van der Waals surface area contributed by atoms with E-state index in [9.17, 15) is 19.5 Å². The third-order valence-electron chi connectivity index (χ3n) is 8.58. The van der Waals surface area contributed by atoms with E-state index in [0.717, 1.165) is 17.7 Å². The van der Waals surface area contributed by atoms with Gasteiger partial charge in [0.05, 0.1) is 35.8 Å². The van der Waals surface area contributed by atoms with E-state index in [1.165, 1.54) is 0 Å². The van der Waals surface area contributed by atoms with Crippen LogP contribution in [0.2, 0.25) is 0 Å². The van der Waals surface area contributed by atoms with Crippen molar-refractivity contribution in [2.45, 2.75) is 75.1 Å². The van der Waals surface area contributed by atoms with E-state index < -0.39 is 34.2 Å². The molecule has 41 heavy (non-hydrogen) atoms. The van der Waals surface area contributed by atoms with Crippen molar-refractivity contribution in [3.8, 4) is 5.75 Å². The maximum Gasteiger partial charge on any atom is 0.244 e. The lowest BCUT2D eigenvalue weighted by molar-refractivity contribution is -0.142. The lowest BCUT2D eigenvalue weighted by Gasteiger charge is -2.41. The molecule has 2 aromatic rings. The van der Waals surface area contributed by atoms with Crippen LogP contribution in [0.1, 0.15) is 46.6 Å². The number of anilines is 1. The highest BCUT2D eigenvalue weighted by Gasteiger charge is 2.76. The number of thioether (sulfide) groups is 1. The van der Waals surface area contributed by atoms with Crippen LogP contribution in [0.4, 0.5) is 5.69 Å². The Morgan fingerprint density at radius 3 is 2.41 bits per heavy atom. The largest absolute Gasteiger partial charge is 0.494 e. The highest BCUT2D eigenvalue weighted by atomic mass is 32.2. The smallest absolute Gasteiger partial charge is 0.244 e. The van der Waals surface area contributed by atoms with Gasteiger partial charge in [-0.15, -0.1) is 11.8 Å². The second-order valence-electron chi connectivity index (χ2n) is 12.5. The van der Waals surface area contributed by atoms with Gasteiger partial charge in [-0.3, -0.25) is 14.4 Å². The zero-order chi connectivity index (χ0) is 29.5. The van der Waals surface area contributed by atoms with Gasteiger partial charge in [0.1, 0.15) is 11.8 Å². The van der Waals surface area contributed by atoms with Crippen LogP contribution in [0, 0.1) is 17.8 Å². The molecule has 0 saturated carbocycles. The number of carbonyl (C=O) groups is 3. The minimum atomic E-state index is -0.798. The molecule has 8 nitrogen and oxygen atoms in total. The predicted octanol–water partition coefficient (Wildman–Crippen LogP) is 3.88. The first-order valence-corrected chi connectivity index (χ1v) is 15.4. The van der Waals surface area contributed by atoms with Crippen LogP contribution in [0.5, 0.6) is 5.75 Å². The molecule has 0 radical (unpaired) electrons. The average molecular weight is 580 g/mol. The molecule has 3 saturated heterocycles. The first kappa shape index (κ1) is 29.5. The van der Waals surface area contributed by atoms with Gasteiger partial charge < -0.3 is 25.4 Å². The minimum Gasteiger partial charge on any atom is -0.494 e. The maximum absolute atomic E-state index is 14.5. The highest BCUT2D eigenvalue weighted by Crippen LogP contribution is 2.69. The lowest BCUT2D eigenvalue weighted by Crippen LogP contribution is -2.61. The standard InChI is InChI=1S/C32H41N3O5S/c1-6-40-23-14-12-21(13-15-23)33-28(37)25-24-16-19(2)32(41-24)26(25)30(39)35(27(32)29(38)34-31(3,4)5)22(18-36)17-20-10-8-7-9-11-20/h7-15,19,22,24-27,36H,6,16-18H2,1-5H3,(H,33,37)(H,34,38)/t19?,22-,24+,25-,26+,27?,32?/m1/s1. The van der Waals surface area contributed by atoms with Crippen LogP contribution >= 0.6 is 11.8 Å². The number of benzene rings is 2. The zero-order valence-electron chi connectivity index (χ0n) is 24.4. The van der Waals surface area contributed by atoms with Gasteiger partial charge >= 0.3 is 0 Å². The van der Waals surface area contributed by atoms with Crippen LogP contribution in [-0.4, -0.2) is 68.6 Å². The Hall–Kier alpha value is -3.04. The molecular weight excluding hydrogens is 538 g/mol.